The summed E-state index contributed by atoms with van der Waals surface area (Å²) in [6, 6.07) is 12.7. The molecule has 3 aromatic rings. The van der Waals surface area contributed by atoms with Gasteiger partial charge in [-0.3, -0.25) is 14.7 Å². The van der Waals surface area contributed by atoms with Crippen molar-refractivity contribution >= 4 is 34.7 Å². The lowest BCUT2D eigenvalue weighted by Crippen LogP contribution is -2.26. The molecule has 1 fully saturated rings. The van der Waals surface area contributed by atoms with Gasteiger partial charge in [-0.05, 0) is 35.9 Å². The van der Waals surface area contributed by atoms with E-state index in [9.17, 15) is 9.59 Å². The molecule has 1 atom stereocenters. The molecule has 174 valence electrons. The van der Waals surface area contributed by atoms with Gasteiger partial charge < -0.3 is 24.7 Å². The first-order chi connectivity index (χ1) is 16.5. The van der Waals surface area contributed by atoms with Crippen molar-refractivity contribution in [2.45, 2.75) is 12.5 Å². The van der Waals surface area contributed by atoms with E-state index in [1.54, 1.807) is 37.6 Å². The van der Waals surface area contributed by atoms with Crippen molar-refractivity contribution in [3.05, 3.63) is 59.8 Å². The first-order valence-electron chi connectivity index (χ1n) is 10.8. The number of anilines is 1. The zero-order chi connectivity index (χ0) is 23.7. The maximum absolute atomic E-state index is 12.6. The number of ether oxygens (including phenoxy) is 4. The molecule has 9 nitrogen and oxygen atoms in total. The van der Waals surface area contributed by atoms with Crippen LogP contribution in [0.5, 0.6) is 17.2 Å². The molecule has 0 aliphatic carbocycles. The van der Waals surface area contributed by atoms with Crippen molar-refractivity contribution in [3.63, 3.8) is 0 Å². The monoisotopic (exact) mass is 461 g/mol. The number of aromatic nitrogens is 1. The number of nitrogens with zero attached hydrogens (tertiary/aromatic N) is 2. The minimum atomic E-state index is -0.582. The number of hydrogen-bond donors (Lipinski definition) is 1. The lowest BCUT2D eigenvalue weighted by molar-refractivity contribution is -0.114. The number of rotatable bonds is 6. The molecule has 2 amide bonds. The van der Waals surface area contributed by atoms with Crippen LogP contribution in [0, 0.1) is 0 Å². The number of carbonyl (C=O) groups is 2. The van der Waals surface area contributed by atoms with Gasteiger partial charge in [0.1, 0.15) is 25.1 Å². The minimum absolute atomic E-state index is 0.176. The molecular weight excluding hydrogens is 438 g/mol. The molecular formula is C25H23N3O6. The van der Waals surface area contributed by atoms with Crippen molar-refractivity contribution in [2.24, 2.45) is 5.73 Å². The topological polar surface area (TPSA) is 113 Å². The zero-order valence-corrected chi connectivity index (χ0v) is 18.5. The highest BCUT2D eigenvalue weighted by Crippen LogP contribution is 2.36. The van der Waals surface area contributed by atoms with Gasteiger partial charge in [-0.1, -0.05) is 12.1 Å². The summed E-state index contributed by atoms with van der Waals surface area (Å²) < 4.78 is 22.0. The number of nitrogens with two attached hydrogens (primary N) is 1. The van der Waals surface area contributed by atoms with Crippen LogP contribution in [-0.2, 0) is 9.53 Å². The van der Waals surface area contributed by atoms with Crippen molar-refractivity contribution in [1.82, 2.24) is 4.98 Å². The molecule has 2 aromatic carbocycles. The quantitative estimate of drug-likeness (QED) is 0.561. The highest BCUT2D eigenvalue weighted by atomic mass is 16.6. The fourth-order valence-electron chi connectivity index (χ4n) is 4.09. The van der Waals surface area contributed by atoms with Crippen molar-refractivity contribution in [3.8, 4) is 17.2 Å². The van der Waals surface area contributed by atoms with E-state index < -0.39 is 18.1 Å². The van der Waals surface area contributed by atoms with E-state index in [0.29, 0.717) is 41.7 Å². The third-order valence-corrected chi connectivity index (χ3v) is 5.78. The summed E-state index contributed by atoms with van der Waals surface area (Å²) in [6.45, 7) is 1.21. The number of benzene rings is 2. The first-order valence-corrected chi connectivity index (χ1v) is 10.8. The minimum Gasteiger partial charge on any atom is -0.495 e. The smallest absolute Gasteiger partial charge is 0.414 e. The fraction of sp³-hybridized carbons (Fsp3) is 0.240. The van der Waals surface area contributed by atoms with Gasteiger partial charge >= 0.3 is 6.09 Å². The maximum Gasteiger partial charge on any atom is 0.414 e. The Labute approximate surface area is 195 Å². The predicted octanol–water partition coefficient (Wildman–Crippen LogP) is 3.30. The molecule has 0 bridgehead atoms. The van der Waals surface area contributed by atoms with Crippen LogP contribution in [0.25, 0.3) is 17.0 Å². The molecule has 2 N–H and O–H groups in total. The van der Waals surface area contributed by atoms with Crippen molar-refractivity contribution in [2.75, 3.05) is 31.8 Å². The molecule has 0 saturated carbocycles. The SMILES string of the molecule is COc1cnc2cccc(C=C(C[C@@H]3CN(c4ccc5c(c4)OCCO5)C(=O)O3)C(N)=O)c2c1. The molecule has 2 aliphatic rings. The molecule has 0 spiro atoms. The highest BCUT2D eigenvalue weighted by molar-refractivity contribution is 6.00. The Morgan fingerprint density at radius 3 is 2.82 bits per heavy atom. The molecule has 5 rings (SSSR count). The predicted molar refractivity (Wildman–Crippen MR) is 125 cm³/mol. The van der Waals surface area contributed by atoms with Crippen LogP contribution >= 0.6 is 0 Å². The summed E-state index contributed by atoms with van der Waals surface area (Å²) in [5.74, 6) is 1.24. The lowest BCUT2D eigenvalue weighted by atomic mass is 10.0. The second-order valence-corrected chi connectivity index (χ2v) is 7.97. The average Bonchev–Trinajstić information content (AvgIpc) is 3.23. The largest absolute Gasteiger partial charge is 0.495 e. The number of cyclic esters (lactones) is 1. The number of primary amides is 1. The van der Waals surface area contributed by atoms with E-state index >= 15 is 0 Å². The average molecular weight is 461 g/mol. The number of methoxy groups -OCH3 is 1. The molecule has 34 heavy (non-hydrogen) atoms. The van der Waals surface area contributed by atoms with Crippen LogP contribution in [0.4, 0.5) is 10.5 Å². The van der Waals surface area contributed by atoms with Gasteiger partial charge in [-0.25, -0.2) is 4.79 Å². The molecule has 3 heterocycles. The molecule has 1 saturated heterocycles. The van der Waals surface area contributed by atoms with Gasteiger partial charge in [0.25, 0.3) is 0 Å². The van der Waals surface area contributed by atoms with Gasteiger partial charge in [0.2, 0.25) is 5.91 Å². The van der Waals surface area contributed by atoms with Crippen LogP contribution < -0.4 is 24.8 Å². The summed E-state index contributed by atoms with van der Waals surface area (Å²) in [4.78, 5) is 30.8. The van der Waals surface area contributed by atoms with Crippen LogP contribution in [0.1, 0.15) is 12.0 Å². The van der Waals surface area contributed by atoms with E-state index in [1.807, 2.05) is 24.3 Å². The van der Waals surface area contributed by atoms with E-state index in [-0.39, 0.29) is 13.0 Å². The van der Waals surface area contributed by atoms with Crippen molar-refractivity contribution in [1.29, 1.82) is 0 Å². The Kier molecular flexibility index (Phi) is 5.67. The first kappa shape index (κ1) is 21.6. The number of pyridine rings is 1. The molecule has 0 unspecified atom stereocenters. The van der Waals surface area contributed by atoms with Gasteiger partial charge in [0.05, 0.1) is 31.1 Å². The molecule has 1 aromatic heterocycles. The fourth-order valence-corrected chi connectivity index (χ4v) is 4.09. The number of hydrogen-bond acceptors (Lipinski definition) is 7. The second-order valence-electron chi connectivity index (χ2n) is 7.97. The van der Waals surface area contributed by atoms with Crippen molar-refractivity contribution < 1.29 is 28.5 Å². The van der Waals surface area contributed by atoms with Crippen LogP contribution in [0.15, 0.2) is 54.2 Å². The Morgan fingerprint density at radius 2 is 2.03 bits per heavy atom. The zero-order valence-electron chi connectivity index (χ0n) is 18.5. The Balaban J connectivity index is 1.39. The Hall–Kier alpha value is -4.27. The summed E-state index contributed by atoms with van der Waals surface area (Å²) >= 11 is 0. The third kappa shape index (κ3) is 4.19. The molecule has 0 radical (unpaired) electrons. The standard InChI is InChI=1S/C25H23N3O6/c1-31-18-12-20-15(3-2-4-21(20)27-13-18)9-16(24(26)29)10-19-14-28(25(30)34-19)17-5-6-22-23(11-17)33-8-7-32-22/h2-6,9,11-13,19H,7-8,10,14H2,1H3,(H2,26,29)/t19-/m1/s1. The van der Waals surface area contributed by atoms with E-state index in [4.69, 9.17) is 24.7 Å². The maximum atomic E-state index is 12.6. The number of amides is 2. The summed E-state index contributed by atoms with van der Waals surface area (Å²) in [7, 11) is 1.57. The van der Waals surface area contributed by atoms with E-state index in [2.05, 4.69) is 4.98 Å². The van der Waals surface area contributed by atoms with Crippen LogP contribution in [0.2, 0.25) is 0 Å². The van der Waals surface area contributed by atoms with Crippen LogP contribution in [-0.4, -0.2) is 50.0 Å². The molecule has 9 heteroatoms. The molecule has 2 aliphatic heterocycles. The van der Waals surface area contributed by atoms with Gasteiger partial charge in [0.15, 0.2) is 11.5 Å². The lowest BCUT2D eigenvalue weighted by Gasteiger charge is -2.21. The summed E-state index contributed by atoms with van der Waals surface area (Å²) in [5.41, 5.74) is 8.19. The normalized spacial score (nSPS) is 17.6. The van der Waals surface area contributed by atoms with E-state index in [1.165, 1.54) is 4.90 Å². The van der Waals surface area contributed by atoms with Gasteiger partial charge in [-0.15, -0.1) is 0 Å². The van der Waals surface area contributed by atoms with Gasteiger partial charge in [0, 0.05) is 23.4 Å². The summed E-state index contributed by atoms with van der Waals surface area (Å²) in [5, 5.41) is 0.821. The summed E-state index contributed by atoms with van der Waals surface area (Å²) in [6.07, 6.45) is 2.49. The Bertz CT molecular complexity index is 1310. The Morgan fingerprint density at radius 1 is 1.21 bits per heavy atom. The van der Waals surface area contributed by atoms with Gasteiger partial charge in [-0.2, -0.15) is 0 Å². The van der Waals surface area contributed by atoms with Crippen LogP contribution in [0.3, 0.4) is 0 Å². The number of fused-ring (bicyclic) bond motifs is 2. The highest BCUT2D eigenvalue weighted by Gasteiger charge is 2.34. The number of carbonyl (C=O) groups excluding carboxylic acids is 2. The third-order valence-electron chi connectivity index (χ3n) is 5.78. The second kappa shape index (κ2) is 8.93. The van der Waals surface area contributed by atoms with E-state index in [0.717, 1.165) is 16.5 Å².